The van der Waals surface area contributed by atoms with Crippen molar-refractivity contribution in [1.82, 2.24) is 10.2 Å². The third-order valence-corrected chi connectivity index (χ3v) is 2.90. The molecule has 1 aromatic heterocycles. The first kappa shape index (κ1) is 13.2. The van der Waals surface area contributed by atoms with Crippen LogP contribution in [-0.2, 0) is 6.18 Å². The number of nitrogens with one attached hydrogen (secondary N) is 1. The largest absolute Gasteiger partial charge is 0.445 e. The van der Waals surface area contributed by atoms with Crippen molar-refractivity contribution in [3.63, 3.8) is 0 Å². The zero-order chi connectivity index (χ0) is 12.2. The Hall–Kier alpha value is -0.890. The van der Waals surface area contributed by atoms with Crippen LogP contribution < -0.4 is 11.1 Å². The molecule has 3 N–H and O–H groups in total. The van der Waals surface area contributed by atoms with Crippen LogP contribution in [0.5, 0.6) is 0 Å². The van der Waals surface area contributed by atoms with E-state index in [4.69, 9.17) is 5.73 Å². The summed E-state index contributed by atoms with van der Waals surface area (Å²) in [6.07, 6.45) is -2.96. The molecule has 0 fully saturated rings. The molecule has 0 radical (unpaired) electrons. The molecule has 8 heteroatoms. The predicted molar refractivity (Wildman–Crippen MR) is 56.3 cm³/mol. The third kappa shape index (κ3) is 3.60. The van der Waals surface area contributed by atoms with E-state index < -0.39 is 11.2 Å². The number of aromatic nitrogens is 2. The summed E-state index contributed by atoms with van der Waals surface area (Å²) < 4.78 is 36.7. The molecular weight excluding hydrogens is 241 g/mol. The van der Waals surface area contributed by atoms with E-state index >= 15 is 0 Å². The van der Waals surface area contributed by atoms with Gasteiger partial charge >= 0.3 is 6.18 Å². The van der Waals surface area contributed by atoms with Gasteiger partial charge in [0.05, 0.1) is 0 Å². The Morgan fingerprint density at radius 1 is 1.44 bits per heavy atom. The van der Waals surface area contributed by atoms with Crippen molar-refractivity contribution >= 4 is 16.5 Å². The molecule has 1 unspecified atom stereocenters. The molecule has 1 rings (SSSR count). The van der Waals surface area contributed by atoms with Gasteiger partial charge < -0.3 is 11.1 Å². The molecule has 1 aromatic rings. The Labute approximate surface area is 95.1 Å². The lowest BCUT2D eigenvalue weighted by Gasteiger charge is -2.13. The highest BCUT2D eigenvalue weighted by Gasteiger charge is 2.35. The Bertz CT molecular complexity index is 325. The summed E-state index contributed by atoms with van der Waals surface area (Å²) in [5.41, 5.74) is 5.38. The lowest BCUT2D eigenvalue weighted by Crippen LogP contribution is -2.22. The summed E-state index contributed by atoms with van der Waals surface area (Å²) in [6.45, 7) is 2.41. The van der Waals surface area contributed by atoms with Crippen LogP contribution in [0, 0.1) is 0 Å². The second-order valence-electron chi connectivity index (χ2n) is 3.24. The molecule has 0 bridgehead atoms. The second-order valence-corrected chi connectivity index (χ2v) is 4.21. The van der Waals surface area contributed by atoms with Gasteiger partial charge in [0.2, 0.25) is 10.1 Å². The molecule has 0 saturated carbocycles. The summed E-state index contributed by atoms with van der Waals surface area (Å²) in [5, 5.41) is 8.68. The van der Waals surface area contributed by atoms with Crippen molar-refractivity contribution in [3.8, 4) is 0 Å². The van der Waals surface area contributed by atoms with Crippen LogP contribution >= 0.6 is 11.3 Å². The first-order valence-electron chi connectivity index (χ1n) is 4.84. The molecule has 16 heavy (non-hydrogen) atoms. The third-order valence-electron chi connectivity index (χ3n) is 2.00. The standard InChI is InChI=1S/C8H13F3N4S/c1-2-5(3-4-12)13-7-15-14-6(16-7)8(9,10)11/h5H,2-4,12H2,1H3,(H,13,15). The maximum absolute atomic E-state index is 12.2. The summed E-state index contributed by atoms with van der Waals surface area (Å²) in [6, 6.07) is 0.0408. The average molecular weight is 254 g/mol. The molecule has 0 aliphatic carbocycles. The van der Waals surface area contributed by atoms with Gasteiger partial charge in [0.1, 0.15) is 0 Å². The van der Waals surface area contributed by atoms with Crippen molar-refractivity contribution in [1.29, 1.82) is 0 Å². The number of nitrogens with zero attached hydrogens (tertiary/aromatic N) is 2. The van der Waals surface area contributed by atoms with E-state index in [9.17, 15) is 13.2 Å². The van der Waals surface area contributed by atoms with Crippen molar-refractivity contribution in [2.75, 3.05) is 11.9 Å². The molecule has 1 heterocycles. The van der Waals surface area contributed by atoms with Crippen LogP contribution in [0.4, 0.5) is 18.3 Å². The number of hydrogen-bond acceptors (Lipinski definition) is 5. The highest BCUT2D eigenvalue weighted by molar-refractivity contribution is 7.15. The van der Waals surface area contributed by atoms with Gasteiger partial charge in [0.25, 0.3) is 0 Å². The monoisotopic (exact) mass is 254 g/mol. The van der Waals surface area contributed by atoms with Crippen LogP contribution in [-0.4, -0.2) is 22.8 Å². The fourth-order valence-electron chi connectivity index (χ4n) is 1.15. The van der Waals surface area contributed by atoms with E-state index in [2.05, 4.69) is 15.5 Å². The van der Waals surface area contributed by atoms with Crippen LogP contribution in [0.1, 0.15) is 24.8 Å². The van der Waals surface area contributed by atoms with Crippen LogP contribution in [0.2, 0.25) is 0 Å². The van der Waals surface area contributed by atoms with Gasteiger partial charge in [-0.3, -0.25) is 0 Å². The Balaban J connectivity index is 2.64. The molecule has 0 aliphatic rings. The average Bonchev–Trinajstić information content (AvgIpc) is 2.65. The normalized spacial score (nSPS) is 13.8. The second kappa shape index (κ2) is 5.44. The number of rotatable bonds is 5. The van der Waals surface area contributed by atoms with Crippen molar-refractivity contribution in [3.05, 3.63) is 5.01 Å². The number of anilines is 1. The maximum atomic E-state index is 12.2. The number of alkyl halides is 3. The Morgan fingerprint density at radius 3 is 2.56 bits per heavy atom. The van der Waals surface area contributed by atoms with Crippen molar-refractivity contribution in [2.24, 2.45) is 5.73 Å². The smallest absolute Gasteiger partial charge is 0.357 e. The SMILES string of the molecule is CCC(CCN)Nc1nnc(C(F)(F)F)s1. The van der Waals surface area contributed by atoms with Gasteiger partial charge in [0, 0.05) is 6.04 Å². The van der Waals surface area contributed by atoms with Crippen molar-refractivity contribution < 1.29 is 13.2 Å². The quantitative estimate of drug-likeness (QED) is 0.844. The first-order valence-corrected chi connectivity index (χ1v) is 5.66. The Morgan fingerprint density at radius 2 is 2.12 bits per heavy atom. The highest BCUT2D eigenvalue weighted by atomic mass is 32.1. The number of nitrogens with two attached hydrogens (primary N) is 1. The minimum atomic E-state index is -4.42. The van der Waals surface area contributed by atoms with Gasteiger partial charge in [-0.05, 0) is 19.4 Å². The zero-order valence-electron chi connectivity index (χ0n) is 8.71. The zero-order valence-corrected chi connectivity index (χ0v) is 9.53. The topological polar surface area (TPSA) is 63.8 Å². The highest BCUT2D eigenvalue weighted by Crippen LogP contribution is 2.33. The summed E-state index contributed by atoms with van der Waals surface area (Å²) >= 11 is 0.510. The van der Waals surface area contributed by atoms with Gasteiger partial charge in [-0.15, -0.1) is 10.2 Å². The maximum Gasteiger partial charge on any atom is 0.445 e. The number of halogens is 3. The minimum Gasteiger partial charge on any atom is -0.357 e. The fraction of sp³-hybridized carbons (Fsp3) is 0.750. The van der Waals surface area contributed by atoms with Crippen molar-refractivity contribution in [2.45, 2.75) is 32.0 Å². The van der Waals surface area contributed by atoms with E-state index in [0.29, 0.717) is 24.3 Å². The fourth-order valence-corrected chi connectivity index (χ4v) is 1.84. The molecule has 92 valence electrons. The molecule has 1 atom stereocenters. The van der Waals surface area contributed by atoms with E-state index in [-0.39, 0.29) is 11.2 Å². The molecule has 4 nitrogen and oxygen atoms in total. The molecule has 0 amide bonds. The minimum absolute atomic E-state index is 0.0408. The molecule has 0 spiro atoms. The molecule has 0 saturated heterocycles. The van der Waals surface area contributed by atoms with Gasteiger partial charge in [-0.25, -0.2) is 0 Å². The molecule has 0 aromatic carbocycles. The number of hydrogen-bond donors (Lipinski definition) is 2. The van der Waals surface area contributed by atoms with E-state index in [1.54, 1.807) is 0 Å². The Kier molecular flexibility index (Phi) is 4.48. The predicted octanol–water partition coefficient (Wildman–Crippen LogP) is 2.10. The van der Waals surface area contributed by atoms with Crippen LogP contribution in [0.25, 0.3) is 0 Å². The van der Waals surface area contributed by atoms with Gasteiger partial charge in [-0.2, -0.15) is 13.2 Å². The van der Waals surface area contributed by atoms with Gasteiger partial charge in [-0.1, -0.05) is 18.3 Å². The van der Waals surface area contributed by atoms with E-state index in [0.717, 1.165) is 6.42 Å². The van der Waals surface area contributed by atoms with Crippen LogP contribution in [0.15, 0.2) is 0 Å². The molecular formula is C8H13F3N4S. The lowest BCUT2D eigenvalue weighted by molar-refractivity contribution is -0.138. The summed E-state index contributed by atoms with van der Waals surface area (Å²) in [5.74, 6) is 0. The van der Waals surface area contributed by atoms with E-state index in [1.807, 2.05) is 6.92 Å². The van der Waals surface area contributed by atoms with Gasteiger partial charge in [0.15, 0.2) is 0 Å². The summed E-state index contributed by atoms with van der Waals surface area (Å²) in [4.78, 5) is 0. The lowest BCUT2D eigenvalue weighted by atomic mass is 10.1. The van der Waals surface area contributed by atoms with Crippen LogP contribution in [0.3, 0.4) is 0 Å². The van der Waals surface area contributed by atoms with E-state index in [1.165, 1.54) is 0 Å². The molecule has 0 aliphatic heterocycles. The summed E-state index contributed by atoms with van der Waals surface area (Å²) in [7, 11) is 0. The first-order chi connectivity index (χ1) is 7.47.